The van der Waals surface area contributed by atoms with E-state index in [0.717, 1.165) is 32.1 Å². The largest absolute Gasteiger partial charge is 0.370 e. The summed E-state index contributed by atoms with van der Waals surface area (Å²) in [6.07, 6.45) is 4.47. The molecule has 0 aromatic carbocycles. The Morgan fingerprint density at radius 2 is 1.79 bits per heavy atom. The lowest BCUT2D eigenvalue weighted by atomic mass is 9.76. The van der Waals surface area contributed by atoms with E-state index in [0.29, 0.717) is 43.0 Å². The van der Waals surface area contributed by atoms with E-state index in [1.807, 2.05) is 0 Å². The normalized spacial score (nSPS) is 24.9. The molecule has 2 atom stereocenters. The molecule has 43 heavy (non-hydrogen) atoms. The molecule has 11 heteroatoms. The van der Waals surface area contributed by atoms with Gasteiger partial charge in [0.2, 0.25) is 5.91 Å². The molecule has 234 valence electrons. The van der Waals surface area contributed by atoms with Gasteiger partial charge >= 0.3 is 0 Å². The Labute approximate surface area is 256 Å². The molecule has 5 heterocycles. The number of fused-ring (bicyclic) bond motifs is 6. The van der Waals surface area contributed by atoms with Gasteiger partial charge in [0.25, 0.3) is 15.9 Å². The van der Waals surface area contributed by atoms with Crippen molar-refractivity contribution < 1.29 is 18.0 Å². The van der Waals surface area contributed by atoms with E-state index in [1.165, 1.54) is 6.07 Å². The van der Waals surface area contributed by atoms with Gasteiger partial charge < -0.3 is 10.2 Å². The molecule has 1 unspecified atom stereocenters. The Morgan fingerprint density at radius 3 is 2.51 bits per heavy atom. The summed E-state index contributed by atoms with van der Waals surface area (Å²) in [6, 6.07) is 7.97. The van der Waals surface area contributed by atoms with E-state index in [-0.39, 0.29) is 38.8 Å². The van der Waals surface area contributed by atoms with Gasteiger partial charge in [0, 0.05) is 31.1 Å². The van der Waals surface area contributed by atoms with Crippen LogP contribution in [0.2, 0.25) is 0 Å². The van der Waals surface area contributed by atoms with Gasteiger partial charge in [-0.3, -0.25) is 14.5 Å². The number of nitrogens with one attached hydrogen (secondary N) is 2. The molecule has 0 aliphatic carbocycles. The topological polar surface area (TPSA) is 125 Å². The highest BCUT2D eigenvalue weighted by Gasteiger charge is 2.48. The van der Waals surface area contributed by atoms with Crippen molar-refractivity contribution in [1.29, 1.82) is 0 Å². The molecule has 2 aromatic heterocycles. The predicted octanol–water partition coefficient (Wildman–Crippen LogP) is 5.22. The number of amides is 2. The third-order valence-electron chi connectivity index (χ3n) is 9.17. The number of pyridine rings is 2. The average Bonchev–Trinajstić information content (AvgIpc) is 3.34. The number of anilines is 3. The summed E-state index contributed by atoms with van der Waals surface area (Å²) >= 11 is 0. The number of rotatable bonds is 3. The van der Waals surface area contributed by atoms with Gasteiger partial charge in [-0.1, -0.05) is 40.7 Å². The van der Waals surface area contributed by atoms with E-state index in [4.69, 9.17) is 4.98 Å². The van der Waals surface area contributed by atoms with Crippen LogP contribution in [0.4, 0.5) is 17.5 Å². The first-order valence-electron chi connectivity index (χ1n) is 15.4. The highest BCUT2D eigenvalue weighted by Crippen LogP contribution is 2.44. The van der Waals surface area contributed by atoms with Gasteiger partial charge in [-0.25, -0.2) is 14.7 Å². The number of hydrogen-bond acceptors (Lipinski definition) is 8. The highest BCUT2D eigenvalue weighted by atomic mass is 32.2. The first-order chi connectivity index (χ1) is 20.0. The monoisotopic (exact) mass is 610 g/mol. The van der Waals surface area contributed by atoms with Crippen molar-refractivity contribution >= 4 is 39.3 Å². The van der Waals surface area contributed by atoms with Gasteiger partial charge in [-0.05, 0) is 87.0 Å². The Hall–Kier alpha value is -3.21. The molecule has 3 aliphatic rings. The van der Waals surface area contributed by atoms with Crippen LogP contribution < -0.4 is 19.8 Å². The van der Waals surface area contributed by atoms with Gasteiger partial charge in [-0.2, -0.15) is 8.42 Å². The van der Waals surface area contributed by atoms with Crippen molar-refractivity contribution in [3.63, 3.8) is 0 Å². The van der Waals surface area contributed by atoms with Gasteiger partial charge in [0.15, 0.2) is 5.03 Å². The molecule has 2 fully saturated rings. The van der Waals surface area contributed by atoms with Crippen molar-refractivity contribution in [1.82, 2.24) is 14.7 Å². The molecular formula is C32H46N6O4S. The Bertz CT molecular complexity index is 1510. The molecule has 2 aromatic rings. The fraction of sp³-hybridized carbons (Fsp3) is 0.625. The zero-order valence-electron chi connectivity index (χ0n) is 26.5. The number of carbonyl (C=O) groups excluding carboxylic acids is 2. The second-order valence-electron chi connectivity index (χ2n) is 15.0. The smallest absolute Gasteiger partial charge is 0.281 e. The Kier molecular flexibility index (Phi) is 8.03. The van der Waals surface area contributed by atoms with Crippen LogP contribution in [0.1, 0.15) is 90.9 Å². The molecule has 2 saturated heterocycles. The maximum Gasteiger partial charge on any atom is 0.281 e. The maximum atomic E-state index is 13.8. The molecule has 0 saturated carbocycles. The molecule has 0 radical (unpaired) electrons. The van der Waals surface area contributed by atoms with Crippen LogP contribution >= 0.6 is 0 Å². The van der Waals surface area contributed by atoms with Crippen LogP contribution in [-0.2, 0) is 14.8 Å². The lowest BCUT2D eigenvalue weighted by molar-refractivity contribution is -0.122. The highest BCUT2D eigenvalue weighted by molar-refractivity contribution is 7.90. The van der Waals surface area contributed by atoms with Gasteiger partial charge in [0.1, 0.15) is 17.5 Å². The van der Waals surface area contributed by atoms with Crippen LogP contribution in [0.3, 0.4) is 0 Å². The zero-order chi connectivity index (χ0) is 31.4. The number of sulfonamides is 1. The molecule has 10 nitrogen and oxygen atoms in total. The minimum atomic E-state index is -4.25. The maximum absolute atomic E-state index is 13.8. The second kappa shape index (κ2) is 11.1. The van der Waals surface area contributed by atoms with E-state index in [1.54, 1.807) is 29.2 Å². The van der Waals surface area contributed by atoms with Gasteiger partial charge in [-0.15, -0.1) is 0 Å². The zero-order valence-corrected chi connectivity index (χ0v) is 27.3. The minimum Gasteiger partial charge on any atom is -0.370 e. The number of carbonyl (C=O) groups is 2. The lowest BCUT2D eigenvalue weighted by Crippen LogP contribution is -2.41. The molecule has 2 N–H and O–H groups in total. The summed E-state index contributed by atoms with van der Waals surface area (Å²) in [6.45, 7) is 16.9. The fourth-order valence-electron chi connectivity index (χ4n) is 6.83. The summed E-state index contributed by atoms with van der Waals surface area (Å²) in [5.41, 5.74) is -0.298. The fourth-order valence-corrected chi connectivity index (χ4v) is 7.76. The average molecular weight is 611 g/mol. The summed E-state index contributed by atoms with van der Waals surface area (Å²) < 4.78 is 28.7. The van der Waals surface area contributed by atoms with E-state index in [2.05, 4.69) is 68.4 Å². The summed E-state index contributed by atoms with van der Waals surface area (Å²) in [4.78, 5) is 40.6. The van der Waals surface area contributed by atoms with Crippen LogP contribution in [0.15, 0.2) is 35.4 Å². The molecule has 0 spiro atoms. The molecule has 2 amide bonds. The van der Waals surface area contributed by atoms with E-state index < -0.39 is 15.9 Å². The van der Waals surface area contributed by atoms with Gasteiger partial charge in [0.05, 0.1) is 5.56 Å². The molecule has 4 bridgehead atoms. The first-order valence-corrected chi connectivity index (χ1v) is 16.8. The third-order valence-corrected chi connectivity index (χ3v) is 10.4. The lowest BCUT2D eigenvalue weighted by Gasteiger charge is -2.34. The quantitative estimate of drug-likeness (QED) is 0.485. The summed E-state index contributed by atoms with van der Waals surface area (Å²) in [7, 11) is -4.25. The first kappa shape index (κ1) is 31.2. The Morgan fingerprint density at radius 1 is 1.05 bits per heavy atom. The number of hydrogen-bond donors (Lipinski definition) is 2. The number of nitrogens with zero attached hydrogens (tertiary/aromatic N) is 4. The van der Waals surface area contributed by atoms with E-state index >= 15 is 0 Å². The van der Waals surface area contributed by atoms with Crippen molar-refractivity contribution in [2.45, 2.75) is 91.1 Å². The molecule has 3 aliphatic heterocycles. The minimum absolute atomic E-state index is 0.0443. The molecule has 5 rings (SSSR count). The van der Waals surface area contributed by atoms with Crippen molar-refractivity contribution in [3.8, 4) is 0 Å². The van der Waals surface area contributed by atoms with Crippen LogP contribution in [0.25, 0.3) is 0 Å². The third kappa shape index (κ3) is 6.51. The van der Waals surface area contributed by atoms with Crippen LogP contribution in [0, 0.1) is 22.7 Å². The van der Waals surface area contributed by atoms with Crippen LogP contribution in [-0.4, -0.2) is 55.4 Å². The van der Waals surface area contributed by atoms with Crippen molar-refractivity contribution in [3.05, 3.63) is 35.9 Å². The SMILES string of the molecule is CC(C)(C)CCC1C(=O)N(c2ccc3c(n2)N2C[C@@H](CCCNc4cccc(n4)S(=O)(=O)NC3=O)CC2(C)C)CC1(C)C. The standard InChI is InChI=1S/C32H46N6O4S/c1-30(2,3)16-15-23-29(40)37(20-31(23,4)5)25-14-13-22-27(35-25)38-19-21(18-32(38,6)7)10-9-17-33-24-11-8-12-26(34-24)43(41,42)36-28(22)39/h8,11-14,21,23H,9-10,15-20H2,1-7H3,(H,33,34)(H,36,39)/t21-,23?/m0/s1. The number of aromatic nitrogens is 2. The van der Waals surface area contributed by atoms with Crippen molar-refractivity contribution in [2.24, 2.45) is 22.7 Å². The van der Waals surface area contributed by atoms with Crippen molar-refractivity contribution in [2.75, 3.05) is 34.8 Å². The van der Waals surface area contributed by atoms with Crippen LogP contribution in [0.5, 0.6) is 0 Å². The second-order valence-corrected chi connectivity index (χ2v) is 16.6. The Balaban J connectivity index is 1.55. The predicted molar refractivity (Wildman–Crippen MR) is 169 cm³/mol. The van der Waals surface area contributed by atoms with E-state index in [9.17, 15) is 18.0 Å². The summed E-state index contributed by atoms with van der Waals surface area (Å²) in [5.74, 6) is 0.828. The molecular weight excluding hydrogens is 564 g/mol. The summed E-state index contributed by atoms with van der Waals surface area (Å²) in [5, 5.41) is 2.98.